The molecule has 1 aromatic rings. The molecule has 0 radical (unpaired) electrons. The molecular formula is C13H18N2O. The highest BCUT2D eigenvalue weighted by Gasteiger charge is 2.16. The van der Waals surface area contributed by atoms with Gasteiger partial charge in [0.2, 0.25) is 0 Å². The van der Waals surface area contributed by atoms with Crippen LogP contribution in [0.25, 0.3) is 0 Å². The van der Waals surface area contributed by atoms with Crippen molar-refractivity contribution in [3.63, 3.8) is 0 Å². The van der Waals surface area contributed by atoms with E-state index in [0.29, 0.717) is 0 Å². The van der Waals surface area contributed by atoms with Crippen molar-refractivity contribution in [3.05, 3.63) is 29.8 Å². The predicted octanol–water partition coefficient (Wildman–Crippen LogP) is 2.02. The fourth-order valence-corrected chi connectivity index (χ4v) is 1.85. The molecule has 1 aliphatic rings. The van der Waals surface area contributed by atoms with Crippen LogP contribution in [0, 0.1) is 0 Å². The van der Waals surface area contributed by atoms with Gasteiger partial charge in [-0.05, 0) is 25.0 Å². The van der Waals surface area contributed by atoms with Gasteiger partial charge in [-0.2, -0.15) is 0 Å². The van der Waals surface area contributed by atoms with Gasteiger partial charge in [0.15, 0.2) is 6.10 Å². The zero-order valence-electron chi connectivity index (χ0n) is 9.86. The van der Waals surface area contributed by atoms with Gasteiger partial charge in [-0.1, -0.05) is 25.1 Å². The number of ether oxygens (including phenoxy) is 1. The number of amidine groups is 1. The summed E-state index contributed by atoms with van der Waals surface area (Å²) in [6, 6.07) is 8.17. The minimum Gasteiger partial charge on any atom is -0.483 e. The zero-order valence-corrected chi connectivity index (χ0v) is 9.86. The van der Waals surface area contributed by atoms with E-state index in [2.05, 4.69) is 23.3 Å². The average Bonchev–Trinajstić information content (AvgIpc) is 2.83. The first-order chi connectivity index (χ1) is 7.81. The van der Waals surface area contributed by atoms with Crippen molar-refractivity contribution in [2.45, 2.75) is 26.4 Å². The molecule has 0 unspecified atom stereocenters. The Balaban J connectivity index is 2.08. The molecule has 0 saturated carbocycles. The fraction of sp³-hybridized carbons (Fsp3) is 0.462. The third kappa shape index (κ3) is 2.35. The Morgan fingerprint density at radius 2 is 2.25 bits per heavy atom. The fourth-order valence-electron chi connectivity index (χ4n) is 1.85. The first-order valence-electron chi connectivity index (χ1n) is 5.84. The molecule has 0 aromatic heterocycles. The van der Waals surface area contributed by atoms with E-state index in [0.717, 1.165) is 31.1 Å². The van der Waals surface area contributed by atoms with Crippen LogP contribution in [0.4, 0.5) is 0 Å². The molecule has 1 N–H and O–H groups in total. The number of aryl methyl sites for hydroxylation is 1. The monoisotopic (exact) mass is 218 g/mol. The van der Waals surface area contributed by atoms with E-state index in [4.69, 9.17) is 4.74 Å². The number of hydrogen-bond donors (Lipinski definition) is 1. The van der Waals surface area contributed by atoms with Gasteiger partial charge in [0.25, 0.3) is 0 Å². The lowest BCUT2D eigenvalue weighted by Gasteiger charge is -2.17. The number of para-hydroxylation sites is 1. The molecule has 1 heterocycles. The first kappa shape index (κ1) is 11.0. The second kappa shape index (κ2) is 5.01. The number of nitrogens with one attached hydrogen (secondary N) is 1. The second-order valence-corrected chi connectivity index (χ2v) is 3.92. The lowest BCUT2D eigenvalue weighted by molar-refractivity contribution is 0.281. The average molecular weight is 218 g/mol. The molecule has 0 spiro atoms. The summed E-state index contributed by atoms with van der Waals surface area (Å²) in [6.07, 6.45) is 0.998. The molecule has 0 amide bonds. The van der Waals surface area contributed by atoms with Crippen molar-refractivity contribution in [2.75, 3.05) is 13.1 Å². The van der Waals surface area contributed by atoms with Gasteiger partial charge in [0.05, 0.1) is 6.54 Å². The lowest BCUT2D eigenvalue weighted by atomic mass is 10.1. The molecule has 0 saturated heterocycles. The Hall–Kier alpha value is -1.51. The summed E-state index contributed by atoms with van der Waals surface area (Å²) in [5.74, 6) is 1.93. The molecule has 0 aliphatic carbocycles. The quantitative estimate of drug-likeness (QED) is 0.838. The minimum absolute atomic E-state index is 0.00944. The lowest BCUT2D eigenvalue weighted by Crippen LogP contribution is -2.33. The molecule has 2 rings (SSSR count). The van der Waals surface area contributed by atoms with Crippen LogP contribution in [0.2, 0.25) is 0 Å². The highest BCUT2D eigenvalue weighted by Crippen LogP contribution is 2.20. The molecule has 0 fully saturated rings. The summed E-state index contributed by atoms with van der Waals surface area (Å²) in [6.45, 7) is 5.96. The summed E-state index contributed by atoms with van der Waals surface area (Å²) < 4.78 is 5.93. The smallest absolute Gasteiger partial charge is 0.152 e. The molecule has 16 heavy (non-hydrogen) atoms. The zero-order chi connectivity index (χ0) is 11.4. The maximum atomic E-state index is 5.93. The van der Waals surface area contributed by atoms with Crippen LogP contribution in [0.5, 0.6) is 5.75 Å². The maximum absolute atomic E-state index is 5.93. The van der Waals surface area contributed by atoms with Gasteiger partial charge in [-0.15, -0.1) is 0 Å². The van der Waals surface area contributed by atoms with E-state index in [1.165, 1.54) is 5.56 Å². The maximum Gasteiger partial charge on any atom is 0.152 e. The molecule has 1 atom stereocenters. The largest absolute Gasteiger partial charge is 0.483 e. The van der Waals surface area contributed by atoms with Gasteiger partial charge in [0, 0.05) is 6.54 Å². The number of rotatable bonds is 4. The van der Waals surface area contributed by atoms with Crippen molar-refractivity contribution in [2.24, 2.45) is 4.99 Å². The summed E-state index contributed by atoms with van der Waals surface area (Å²) >= 11 is 0. The number of benzene rings is 1. The van der Waals surface area contributed by atoms with Gasteiger partial charge >= 0.3 is 0 Å². The third-order valence-electron chi connectivity index (χ3n) is 2.74. The van der Waals surface area contributed by atoms with Crippen molar-refractivity contribution >= 4 is 5.84 Å². The Morgan fingerprint density at radius 1 is 1.44 bits per heavy atom. The number of aliphatic imine (C=N–C) groups is 1. The van der Waals surface area contributed by atoms with Crippen LogP contribution >= 0.6 is 0 Å². The molecular weight excluding hydrogens is 200 g/mol. The van der Waals surface area contributed by atoms with E-state index < -0.39 is 0 Å². The third-order valence-corrected chi connectivity index (χ3v) is 2.74. The van der Waals surface area contributed by atoms with Crippen LogP contribution in [-0.2, 0) is 6.42 Å². The van der Waals surface area contributed by atoms with Crippen LogP contribution in [0.1, 0.15) is 19.4 Å². The second-order valence-electron chi connectivity index (χ2n) is 3.92. The highest BCUT2D eigenvalue weighted by molar-refractivity contribution is 5.87. The van der Waals surface area contributed by atoms with E-state index in [9.17, 15) is 0 Å². The first-order valence-corrected chi connectivity index (χ1v) is 5.84. The summed E-state index contributed by atoms with van der Waals surface area (Å²) in [5.41, 5.74) is 1.24. The SMILES string of the molecule is CCc1ccccc1O[C@H](C)C1=NCCN1. The van der Waals surface area contributed by atoms with Crippen molar-refractivity contribution in [1.82, 2.24) is 5.32 Å². The molecule has 3 heteroatoms. The minimum atomic E-state index is 0.00944. The highest BCUT2D eigenvalue weighted by atomic mass is 16.5. The summed E-state index contributed by atoms with van der Waals surface area (Å²) in [5, 5.41) is 3.24. The molecule has 3 nitrogen and oxygen atoms in total. The van der Waals surface area contributed by atoms with Gasteiger partial charge in [0.1, 0.15) is 11.6 Å². The Kier molecular flexibility index (Phi) is 3.44. The normalized spacial score (nSPS) is 16.5. The molecule has 86 valence electrons. The number of nitrogens with zero attached hydrogens (tertiary/aromatic N) is 1. The van der Waals surface area contributed by atoms with E-state index in [1.807, 2.05) is 25.1 Å². The van der Waals surface area contributed by atoms with Crippen molar-refractivity contribution < 1.29 is 4.74 Å². The van der Waals surface area contributed by atoms with Gasteiger partial charge in [-0.3, -0.25) is 4.99 Å². The summed E-state index contributed by atoms with van der Waals surface area (Å²) in [4.78, 5) is 4.37. The molecule has 1 aliphatic heterocycles. The van der Waals surface area contributed by atoms with Crippen LogP contribution in [0.3, 0.4) is 0 Å². The standard InChI is InChI=1S/C13H18N2O/c1-3-11-6-4-5-7-12(11)16-10(2)13-14-8-9-15-13/h4-7,10H,3,8-9H2,1-2H3,(H,14,15)/t10-/m1/s1. The van der Waals surface area contributed by atoms with E-state index >= 15 is 0 Å². The number of hydrogen-bond acceptors (Lipinski definition) is 3. The van der Waals surface area contributed by atoms with Crippen LogP contribution in [0.15, 0.2) is 29.3 Å². The molecule has 0 bridgehead atoms. The van der Waals surface area contributed by atoms with Crippen molar-refractivity contribution in [3.8, 4) is 5.75 Å². The topological polar surface area (TPSA) is 33.6 Å². The Bertz CT molecular complexity index is 387. The predicted molar refractivity (Wildman–Crippen MR) is 66.2 cm³/mol. The van der Waals surface area contributed by atoms with Crippen molar-refractivity contribution in [1.29, 1.82) is 0 Å². The van der Waals surface area contributed by atoms with E-state index in [1.54, 1.807) is 0 Å². The van der Waals surface area contributed by atoms with Gasteiger partial charge < -0.3 is 10.1 Å². The Labute approximate surface area is 96.5 Å². The van der Waals surface area contributed by atoms with Gasteiger partial charge in [-0.25, -0.2) is 0 Å². The summed E-state index contributed by atoms with van der Waals surface area (Å²) in [7, 11) is 0. The van der Waals surface area contributed by atoms with E-state index in [-0.39, 0.29) is 6.10 Å². The van der Waals surface area contributed by atoms with Crippen LogP contribution < -0.4 is 10.1 Å². The molecule has 1 aromatic carbocycles. The Morgan fingerprint density at radius 3 is 2.94 bits per heavy atom. The van der Waals surface area contributed by atoms with Crippen LogP contribution in [-0.4, -0.2) is 25.0 Å².